The Morgan fingerprint density at radius 3 is 1.64 bits per heavy atom. The lowest BCUT2D eigenvalue weighted by atomic mass is 10.0. The molecule has 2 atom stereocenters. The van der Waals surface area contributed by atoms with E-state index < -0.39 is 6.10 Å². The van der Waals surface area contributed by atoms with Crippen molar-refractivity contribution >= 4 is 0 Å². The highest BCUT2D eigenvalue weighted by Gasteiger charge is 2.28. The van der Waals surface area contributed by atoms with Crippen molar-refractivity contribution in [2.45, 2.75) is 96.1 Å². The van der Waals surface area contributed by atoms with Crippen LogP contribution in [0.1, 0.15) is 84.0 Å². The van der Waals surface area contributed by atoms with Crippen molar-refractivity contribution in [3.8, 4) is 0 Å². The molecule has 0 aromatic rings. The van der Waals surface area contributed by atoms with Crippen molar-refractivity contribution in [1.29, 1.82) is 0 Å². The molecule has 0 saturated heterocycles. The molecule has 0 spiro atoms. The van der Waals surface area contributed by atoms with Gasteiger partial charge in [-0.05, 0) is 12.8 Å². The lowest BCUT2D eigenvalue weighted by Crippen LogP contribution is -3.00. The molecule has 0 aromatic carbocycles. The van der Waals surface area contributed by atoms with Crippen LogP contribution in [0.4, 0.5) is 0 Å². The molecule has 0 amide bonds. The van der Waals surface area contributed by atoms with Crippen molar-refractivity contribution in [3.63, 3.8) is 0 Å². The molecule has 3 nitrogen and oxygen atoms in total. The van der Waals surface area contributed by atoms with E-state index in [1.54, 1.807) is 0 Å². The molecule has 0 aliphatic carbocycles. The third-order valence-corrected chi connectivity index (χ3v) is 4.88. The zero-order chi connectivity index (χ0) is 18.3. The lowest BCUT2D eigenvalue weighted by Gasteiger charge is -2.34. The third kappa shape index (κ3) is 15.9. The monoisotopic (exact) mass is 377 g/mol. The summed E-state index contributed by atoms with van der Waals surface area (Å²) in [4.78, 5) is 0. The van der Waals surface area contributed by atoms with E-state index >= 15 is 0 Å². The summed E-state index contributed by atoms with van der Waals surface area (Å²) >= 11 is 0. The Morgan fingerprint density at radius 2 is 1.24 bits per heavy atom. The average molecular weight is 378 g/mol. The van der Waals surface area contributed by atoms with Gasteiger partial charge in [0.05, 0.1) is 27.7 Å². The molecule has 4 heteroatoms. The number of allylic oxidation sites excluding steroid dienone is 1. The molecule has 25 heavy (non-hydrogen) atoms. The van der Waals surface area contributed by atoms with Crippen LogP contribution in [-0.2, 0) is 0 Å². The fourth-order valence-electron chi connectivity index (χ4n) is 3.10. The molecule has 0 bridgehead atoms. The molecule has 0 fully saturated rings. The first-order chi connectivity index (χ1) is 11.4. The van der Waals surface area contributed by atoms with Crippen LogP contribution in [0, 0.1) is 0 Å². The van der Waals surface area contributed by atoms with E-state index in [0.717, 1.165) is 6.42 Å². The van der Waals surface area contributed by atoms with Gasteiger partial charge in [0.2, 0.25) is 0 Å². The summed E-state index contributed by atoms with van der Waals surface area (Å²) in [5, 5.41) is 19.6. The molecule has 152 valence electrons. The summed E-state index contributed by atoms with van der Waals surface area (Å²) in [5.41, 5.74) is 0. The number of nitrogens with zero attached hydrogens (tertiary/aromatic N) is 1. The van der Waals surface area contributed by atoms with Crippen molar-refractivity contribution in [2.24, 2.45) is 0 Å². The van der Waals surface area contributed by atoms with E-state index in [4.69, 9.17) is 0 Å². The summed E-state index contributed by atoms with van der Waals surface area (Å²) in [7, 11) is 6.01. The number of aliphatic hydroxyl groups excluding tert-OH is 2. The van der Waals surface area contributed by atoms with Gasteiger partial charge < -0.3 is 27.1 Å². The molecule has 2 N–H and O–H groups in total. The Kier molecular flexibility index (Phi) is 18.8. The largest absolute Gasteiger partial charge is 1.00 e. The summed E-state index contributed by atoms with van der Waals surface area (Å²) in [6.45, 7) is 2.28. The molecule has 2 unspecified atom stereocenters. The zero-order valence-electron chi connectivity index (χ0n) is 17.2. The molecule has 0 aliphatic heterocycles. The quantitative estimate of drug-likeness (QED) is 0.244. The third-order valence-electron chi connectivity index (χ3n) is 4.88. The minimum absolute atomic E-state index is 0. The highest BCUT2D eigenvalue weighted by molar-refractivity contribution is 4.92. The van der Waals surface area contributed by atoms with E-state index in [2.05, 4.69) is 13.0 Å². The molecule has 0 rings (SSSR count). The second-order valence-electron chi connectivity index (χ2n) is 8.11. The van der Waals surface area contributed by atoms with E-state index in [-0.39, 0.29) is 25.1 Å². The number of unbranched alkanes of at least 4 members (excludes halogenated alkanes) is 11. The van der Waals surface area contributed by atoms with E-state index in [9.17, 15) is 10.2 Å². The average Bonchev–Trinajstić information content (AvgIpc) is 2.51. The molecular weight excluding hydrogens is 334 g/mol. The SMILES string of the molecule is CCCCCCCCCCCCCC=CC(O)C(CO)[N+](C)(C)C.[Cl-]. The van der Waals surface area contributed by atoms with Crippen LogP contribution < -0.4 is 12.4 Å². The standard InChI is InChI=1S/C21H44NO2.ClH/c1-5-6-7-8-9-10-11-12-13-14-15-16-17-18-21(24)20(19-23)22(2,3)4;/h17-18,20-21,23-24H,5-16,19H2,1-4H3;1H/q+1;/p-1. The molecular formula is C21H44ClNO2. The normalized spacial score (nSPS) is 14.5. The van der Waals surface area contributed by atoms with Gasteiger partial charge in [0, 0.05) is 0 Å². The number of quaternary nitrogens is 1. The van der Waals surface area contributed by atoms with Gasteiger partial charge in [-0.25, -0.2) is 0 Å². The van der Waals surface area contributed by atoms with E-state index in [0.29, 0.717) is 4.48 Å². The first-order valence-corrected chi connectivity index (χ1v) is 10.2. The first kappa shape index (κ1) is 27.1. The Balaban J connectivity index is 0. The van der Waals surface area contributed by atoms with Crippen LogP contribution in [0.3, 0.4) is 0 Å². The summed E-state index contributed by atoms with van der Waals surface area (Å²) in [6.07, 6.45) is 19.4. The van der Waals surface area contributed by atoms with Gasteiger partial charge in [0.25, 0.3) is 0 Å². The van der Waals surface area contributed by atoms with Gasteiger partial charge in [0.1, 0.15) is 12.1 Å². The van der Waals surface area contributed by atoms with Crippen LogP contribution in [0.2, 0.25) is 0 Å². The maximum Gasteiger partial charge on any atom is 0.142 e. The number of likely N-dealkylation sites (N-methyl/N-ethyl adjacent to an activating group) is 1. The fourth-order valence-corrected chi connectivity index (χ4v) is 3.10. The Labute approximate surface area is 163 Å². The number of rotatable bonds is 16. The topological polar surface area (TPSA) is 40.5 Å². The second-order valence-corrected chi connectivity index (χ2v) is 8.11. The number of aliphatic hydroxyl groups is 2. The highest BCUT2D eigenvalue weighted by atomic mass is 35.5. The predicted octanol–water partition coefficient (Wildman–Crippen LogP) is 1.68. The Bertz CT molecular complexity index is 303. The fraction of sp³-hybridized carbons (Fsp3) is 0.905. The van der Waals surface area contributed by atoms with Gasteiger partial charge in [-0.3, -0.25) is 0 Å². The molecule has 0 saturated carbocycles. The van der Waals surface area contributed by atoms with Crippen LogP contribution in [0.15, 0.2) is 12.2 Å². The maximum atomic E-state index is 10.2. The lowest BCUT2D eigenvalue weighted by molar-refractivity contribution is -0.899. The molecule has 0 aromatic heterocycles. The minimum Gasteiger partial charge on any atom is -1.00 e. The van der Waals surface area contributed by atoms with Gasteiger partial charge in [-0.15, -0.1) is 0 Å². The van der Waals surface area contributed by atoms with Crippen LogP contribution in [0.25, 0.3) is 0 Å². The number of halogens is 1. The first-order valence-electron chi connectivity index (χ1n) is 10.2. The maximum absolute atomic E-state index is 10.2. The molecule has 0 radical (unpaired) electrons. The van der Waals surface area contributed by atoms with Crippen molar-refractivity contribution < 1.29 is 27.1 Å². The van der Waals surface area contributed by atoms with Crippen LogP contribution in [0.5, 0.6) is 0 Å². The van der Waals surface area contributed by atoms with Crippen LogP contribution >= 0.6 is 0 Å². The number of hydrogen-bond donors (Lipinski definition) is 2. The summed E-state index contributed by atoms with van der Waals surface area (Å²) in [5.74, 6) is 0. The van der Waals surface area contributed by atoms with E-state index in [1.807, 2.05) is 27.2 Å². The molecule has 0 aliphatic rings. The molecule has 0 heterocycles. The smallest absolute Gasteiger partial charge is 0.142 e. The number of hydrogen-bond acceptors (Lipinski definition) is 2. The van der Waals surface area contributed by atoms with Gasteiger partial charge in [-0.2, -0.15) is 0 Å². The zero-order valence-corrected chi connectivity index (χ0v) is 18.0. The van der Waals surface area contributed by atoms with Crippen molar-refractivity contribution in [3.05, 3.63) is 12.2 Å². The second kappa shape index (κ2) is 17.3. The van der Waals surface area contributed by atoms with E-state index in [1.165, 1.54) is 70.6 Å². The predicted molar refractivity (Wildman–Crippen MR) is 105 cm³/mol. The van der Waals surface area contributed by atoms with Crippen molar-refractivity contribution in [1.82, 2.24) is 0 Å². The minimum atomic E-state index is -0.567. The van der Waals surface area contributed by atoms with Gasteiger partial charge >= 0.3 is 0 Å². The summed E-state index contributed by atoms with van der Waals surface area (Å²) < 4.78 is 0.570. The summed E-state index contributed by atoms with van der Waals surface area (Å²) in [6, 6.07) is -0.154. The Hall–Kier alpha value is -0.0900. The van der Waals surface area contributed by atoms with Crippen molar-refractivity contribution in [2.75, 3.05) is 27.7 Å². The van der Waals surface area contributed by atoms with Crippen LogP contribution in [-0.4, -0.2) is 54.6 Å². The highest BCUT2D eigenvalue weighted by Crippen LogP contribution is 2.13. The Morgan fingerprint density at radius 1 is 0.800 bits per heavy atom. The van der Waals surface area contributed by atoms with Gasteiger partial charge in [-0.1, -0.05) is 83.3 Å². The van der Waals surface area contributed by atoms with Gasteiger partial charge in [0.15, 0.2) is 0 Å².